The predicted octanol–water partition coefficient (Wildman–Crippen LogP) is 4.04. The van der Waals surface area contributed by atoms with Gasteiger partial charge in [-0.05, 0) is 32.3 Å². The molecule has 1 heterocycles. The van der Waals surface area contributed by atoms with E-state index in [9.17, 15) is 4.79 Å². The fourth-order valence-corrected chi connectivity index (χ4v) is 3.62. The SMILES string of the molecule is C[C@@H]1Oc2c(C(=O)NCCCOC3CCCCC3)cccc2[C@@H]1C. The molecule has 4 heteroatoms. The van der Waals surface area contributed by atoms with Crippen LogP contribution in [0.2, 0.25) is 0 Å². The van der Waals surface area contributed by atoms with Crippen molar-refractivity contribution in [2.45, 2.75) is 70.5 Å². The molecule has 0 unspecified atom stereocenters. The first-order valence-electron chi connectivity index (χ1n) is 9.36. The smallest absolute Gasteiger partial charge is 0.255 e. The number of benzene rings is 1. The quantitative estimate of drug-likeness (QED) is 0.800. The average Bonchev–Trinajstić information content (AvgIpc) is 2.90. The van der Waals surface area contributed by atoms with Gasteiger partial charge in [0, 0.05) is 24.6 Å². The van der Waals surface area contributed by atoms with Crippen molar-refractivity contribution in [3.63, 3.8) is 0 Å². The lowest BCUT2D eigenvalue weighted by Gasteiger charge is -2.21. The van der Waals surface area contributed by atoms with Gasteiger partial charge in [0.05, 0.1) is 11.7 Å². The van der Waals surface area contributed by atoms with Crippen LogP contribution in [0.25, 0.3) is 0 Å². The third-order valence-electron chi connectivity index (χ3n) is 5.30. The molecule has 1 aromatic rings. The summed E-state index contributed by atoms with van der Waals surface area (Å²) in [7, 11) is 0. The average molecular weight is 331 g/mol. The highest BCUT2D eigenvalue weighted by atomic mass is 16.5. The van der Waals surface area contributed by atoms with E-state index in [1.54, 1.807) is 0 Å². The minimum absolute atomic E-state index is 0.0502. The highest BCUT2D eigenvalue weighted by molar-refractivity contribution is 5.97. The highest BCUT2D eigenvalue weighted by Gasteiger charge is 2.30. The maximum absolute atomic E-state index is 12.5. The predicted molar refractivity (Wildman–Crippen MR) is 94.7 cm³/mol. The number of ether oxygens (including phenoxy) is 2. The molecule has 0 saturated heterocycles. The van der Waals surface area contributed by atoms with E-state index in [4.69, 9.17) is 9.47 Å². The van der Waals surface area contributed by atoms with Crippen LogP contribution in [0.3, 0.4) is 0 Å². The summed E-state index contributed by atoms with van der Waals surface area (Å²) in [6.45, 7) is 5.55. The van der Waals surface area contributed by atoms with E-state index in [1.165, 1.54) is 32.1 Å². The zero-order chi connectivity index (χ0) is 16.9. The Morgan fingerprint density at radius 1 is 1.25 bits per heavy atom. The Kier molecular flexibility index (Phi) is 5.77. The zero-order valence-electron chi connectivity index (χ0n) is 14.8. The Labute approximate surface area is 144 Å². The molecule has 1 aliphatic heterocycles. The first-order valence-corrected chi connectivity index (χ1v) is 9.36. The van der Waals surface area contributed by atoms with Gasteiger partial charge >= 0.3 is 0 Å². The summed E-state index contributed by atoms with van der Waals surface area (Å²) in [6.07, 6.45) is 7.71. The maximum Gasteiger partial charge on any atom is 0.255 e. The number of para-hydroxylation sites is 1. The van der Waals surface area contributed by atoms with Crippen LogP contribution in [-0.4, -0.2) is 31.3 Å². The van der Waals surface area contributed by atoms with Gasteiger partial charge < -0.3 is 14.8 Å². The molecule has 1 fully saturated rings. The Morgan fingerprint density at radius 3 is 2.83 bits per heavy atom. The fraction of sp³-hybridized carbons (Fsp3) is 0.650. The number of hydrogen-bond acceptors (Lipinski definition) is 3. The minimum atomic E-state index is -0.0502. The molecular weight excluding hydrogens is 302 g/mol. The molecule has 4 nitrogen and oxygen atoms in total. The minimum Gasteiger partial charge on any atom is -0.489 e. The van der Waals surface area contributed by atoms with Crippen molar-refractivity contribution in [3.8, 4) is 5.75 Å². The summed E-state index contributed by atoms with van der Waals surface area (Å²) in [5.74, 6) is 1.04. The zero-order valence-corrected chi connectivity index (χ0v) is 14.8. The standard InChI is InChI=1S/C20H29NO3/c1-14-15(2)24-19-17(14)10-6-11-18(19)20(22)21-12-7-13-23-16-8-4-3-5-9-16/h6,10-11,14-16H,3-5,7-9,12-13H2,1-2H3,(H,21,22)/t14-,15+/m1/s1. The molecule has 2 aliphatic rings. The van der Waals surface area contributed by atoms with Crippen LogP contribution in [0, 0.1) is 0 Å². The summed E-state index contributed by atoms with van der Waals surface area (Å²) >= 11 is 0. The molecule has 0 aromatic heterocycles. The largest absolute Gasteiger partial charge is 0.489 e. The molecule has 1 aromatic carbocycles. The van der Waals surface area contributed by atoms with E-state index >= 15 is 0 Å². The first-order chi connectivity index (χ1) is 11.7. The Morgan fingerprint density at radius 2 is 2.04 bits per heavy atom. The van der Waals surface area contributed by atoms with Crippen LogP contribution in [-0.2, 0) is 4.74 Å². The van der Waals surface area contributed by atoms with Gasteiger partial charge in [0.1, 0.15) is 11.9 Å². The van der Waals surface area contributed by atoms with Gasteiger partial charge in [-0.15, -0.1) is 0 Å². The lowest BCUT2D eigenvalue weighted by Crippen LogP contribution is -2.26. The van der Waals surface area contributed by atoms with E-state index in [-0.39, 0.29) is 12.0 Å². The molecule has 24 heavy (non-hydrogen) atoms. The van der Waals surface area contributed by atoms with Gasteiger partial charge in [-0.1, -0.05) is 38.3 Å². The molecule has 0 spiro atoms. The van der Waals surface area contributed by atoms with Crippen molar-refractivity contribution in [3.05, 3.63) is 29.3 Å². The molecule has 1 amide bonds. The third-order valence-corrected chi connectivity index (χ3v) is 5.30. The second-order valence-electron chi connectivity index (χ2n) is 7.08. The van der Waals surface area contributed by atoms with Crippen LogP contribution in [0.15, 0.2) is 18.2 Å². The lowest BCUT2D eigenvalue weighted by molar-refractivity contribution is 0.0273. The van der Waals surface area contributed by atoms with Crippen LogP contribution in [0.5, 0.6) is 5.75 Å². The number of hydrogen-bond donors (Lipinski definition) is 1. The maximum atomic E-state index is 12.5. The number of fused-ring (bicyclic) bond motifs is 1. The van der Waals surface area contributed by atoms with E-state index in [1.807, 2.05) is 12.1 Å². The number of carbonyl (C=O) groups is 1. The lowest BCUT2D eigenvalue weighted by atomic mass is 9.97. The highest BCUT2D eigenvalue weighted by Crippen LogP contribution is 2.40. The number of carbonyl (C=O) groups excluding carboxylic acids is 1. The Bertz CT molecular complexity index is 566. The third kappa shape index (κ3) is 3.92. The van der Waals surface area contributed by atoms with Crippen molar-refractivity contribution in [1.82, 2.24) is 5.32 Å². The molecule has 0 radical (unpaired) electrons. The van der Waals surface area contributed by atoms with E-state index in [2.05, 4.69) is 25.2 Å². The first kappa shape index (κ1) is 17.3. The number of rotatable bonds is 6. The van der Waals surface area contributed by atoms with E-state index in [0.717, 1.165) is 24.3 Å². The summed E-state index contributed by atoms with van der Waals surface area (Å²) in [5.41, 5.74) is 1.78. The summed E-state index contributed by atoms with van der Waals surface area (Å²) < 4.78 is 11.8. The molecule has 132 valence electrons. The topological polar surface area (TPSA) is 47.6 Å². The monoisotopic (exact) mass is 331 g/mol. The molecule has 1 saturated carbocycles. The molecule has 2 atom stereocenters. The van der Waals surface area contributed by atoms with Gasteiger partial charge in [0.2, 0.25) is 0 Å². The summed E-state index contributed by atoms with van der Waals surface area (Å²) in [5, 5.41) is 3.00. The fourth-order valence-electron chi connectivity index (χ4n) is 3.62. The Balaban J connectivity index is 1.44. The van der Waals surface area contributed by atoms with Crippen molar-refractivity contribution in [2.75, 3.05) is 13.2 Å². The molecule has 0 bridgehead atoms. The molecular formula is C20H29NO3. The summed E-state index contributed by atoms with van der Waals surface area (Å²) in [4.78, 5) is 12.5. The van der Waals surface area contributed by atoms with Crippen molar-refractivity contribution in [1.29, 1.82) is 0 Å². The van der Waals surface area contributed by atoms with Gasteiger partial charge in [0.25, 0.3) is 5.91 Å². The van der Waals surface area contributed by atoms with E-state index in [0.29, 0.717) is 24.1 Å². The van der Waals surface area contributed by atoms with Crippen LogP contribution >= 0.6 is 0 Å². The van der Waals surface area contributed by atoms with E-state index < -0.39 is 0 Å². The van der Waals surface area contributed by atoms with Gasteiger partial charge in [0.15, 0.2) is 0 Å². The van der Waals surface area contributed by atoms with Crippen LogP contribution < -0.4 is 10.1 Å². The van der Waals surface area contributed by atoms with Gasteiger partial charge in [-0.3, -0.25) is 4.79 Å². The van der Waals surface area contributed by atoms with Gasteiger partial charge in [-0.25, -0.2) is 0 Å². The van der Waals surface area contributed by atoms with Crippen molar-refractivity contribution in [2.24, 2.45) is 0 Å². The van der Waals surface area contributed by atoms with Crippen LogP contribution in [0.4, 0.5) is 0 Å². The van der Waals surface area contributed by atoms with Crippen LogP contribution in [0.1, 0.15) is 74.2 Å². The number of nitrogens with one attached hydrogen (secondary N) is 1. The molecule has 1 N–H and O–H groups in total. The van der Waals surface area contributed by atoms with Gasteiger partial charge in [-0.2, -0.15) is 0 Å². The Hall–Kier alpha value is -1.55. The summed E-state index contributed by atoms with van der Waals surface area (Å²) in [6, 6.07) is 5.84. The van der Waals surface area contributed by atoms with Crippen molar-refractivity contribution < 1.29 is 14.3 Å². The molecule has 1 aliphatic carbocycles. The normalized spacial score (nSPS) is 23.6. The second kappa shape index (κ2) is 8.02. The second-order valence-corrected chi connectivity index (χ2v) is 7.08. The van der Waals surface area contributed by atoms with Crippen molar-refractivity contribution >= 4 is 5.91 Å². The molecule has 3 rings (SSSR count). The number of amides is 1.